The van der Waals surface area contributed by atoms with Crippen molar-refractivity contribution in [1.29, 1.82) is 0 Å². The Hall–Kier alpha value is -2.20. The van der Waals surface area contributed by atoms with Gasteiger partial charge in [0, 0.05) is 0 Å². The zero-order chi connectivity index (χ0) is 16.4. The van der Waals surface area contributed by atoms with Crippen LogP contribution in [0.5, 0.6) is 0 Å². The van der Waals surface area contributed by atoms with Gasteiger partial charge in [0.2, 0.25) is 0 Å². The second kappa shape index (κ2) is 6.13. The largest absolute Gasteiger partial charge is 0.289 e. The van der Waals surface area contributed by atoms with Crippen molar-refractivity contribution in [3.63, 3.8) is 0 Å². The predicted molar refractivity (Wildman–Crippen MR) is 85.8 cm³/mol. The summed E-state index contributed by atoms with van der Waals surface area (Å²) in [7, 11) is 0. The second-order valence-electron chi connectivity index (χ2n) is 6.29. The summed E-state index contributed by atoms with van der Waals surface area (Å²) < 4.78 is 14.0. The van der Waals surface area contributed by atoms with E-state index in [0.717, 1.165) is 6.42 Å². The molecular formula is C19H20FNO2. The maximum atomic E-state index is 14.0. The lowest BCUT2D eigenvalue weighted by Crippen LogP contribution is -2.42. The Kier molecular flexibility index (Phi) is 4.18. The predicted octanol–water partition coefficient (Wildman–Crippen LogP) is 3.85. The maximum absolute atomic E-state index is 14.0. The number of benzene rings is 2. The molecule has 0 bridgehead atoms. The van der Waals surface area contributed by atoms with E-state index < -0.39 is 11.3 Å². The Morgan fingerprint density at radius 1 is 1.22 bits per heavy atom. The molecule has 0 unspecified atom stereocenters. The smallest absolute Gasteiger partial charge is 0.254 e. The zero-order valence-corrected chi connectivity index (χ0v) is 13.1. The lowest BCUT2D eigenvalue weighted by Gasteiger charge is -2.29. The summed E-state index contributed by atoms with van der Waals surface area (Å²) in [5.41, 5.74) is 3.24. The zero-order valence-electron chi connectivity index (χ0n) is 13.1. The highest BCUT2D eigenvalue weighted by Gasteiger charge is 2.47. The Balaban J connectivity index is 2.03. The first-order valence-electron chi connectivity index (χ1n) is 7.83. The van der Waals surface area contributed by atoms with Crippen LogP contribution in [0.3, 0.4) is 0 Å². The maximum Gasteiger partial charge on any atom is 0.254 e. The first-order valence-corrected chi connectivity index (χ1v) is 7.83. The molecule has 4 heteroatoms. The van der Waals surface area contributed by atoms with Crippen molar-refractivity contribution in [3.05, 3.63) is 71.0 Å². The summed E-state index contributed by atoms with van der Waals surface area (Å²) in [4.78, 5) is 12.5. The fourth-order valence-electron chi connectivity index (χ4n) is 3.86. The van der Waals surface area contributed by atoms with Crippen LogP contribution in [-0.4, -0.2) is 11.1 Å². The molecule has 3 nitrogen and oxygen atoms in total. The van der Waals surface area contributed by atoms with Gasteiger partial charge in [0.05, 0.1) is 5.41 Å². The molecule has 2 aromatic carbocycles. The van der Waals surface area contributed by atoms with Crippen molar-refractivity contribution in [3.8, 4) is 0 Å². The minimum atomic E-state index is -0.887. The minimum absolute atomic E-state index is 0.219. The van der Waals surface area contributed by atoms with Gasteiger partial charge in [-0.15, -0.1) is 0 Å². The van der Waals surface area contributed by atoms with E-state index in [1.165, 1.54) is 11.6 Å². The van der Waals surface area contributed by atoms with E-state index in [1.54, 1.807) is 24.5 Å². The average Bonchev–Trinajstić information content (AvgIpc) is 3.04. The highest BCUT2D eigenvalue weighted by Crippen LogP contribution is 2.49. The third-order valence-corrected chi connectivity index (χ3v) is 5.10. The van der Waals surface area contributed by atoms with Crippen LogP contribution in [-0.2, 0) is 10.2 Å². The Labute approximate surface area is 135 Å². The van der Waals surface area contributed by atoms with Gasteiger partial charge in [-0.1, -0.05) is 42.5 Å². The van der Waals surface area contributed by atoms with Gasteiger partial charge in [-0.05, 0) is 54.9 Å². The van der Waals surface area contributed by atoms with Crippen LogP contribution >= 0.6 is 0 Å². The number of hydrogen-bond donors (Lipinski definition) is 2. The summed E-state index contributed by atoms with van der Waals surface area (Å²) in [6.45, 7) is 1.69. The van der Waals surface area contributed by atoms with E-state index in [1.807, 2.05) is 18.2 Å². The van der Waals surface area contributed by atoms with Crippen LogP contribution in [0.2, 0.25) is 0 Å². The molecule has 0 saturated heterocycles. The lowest BCUT2D eigenvalue weighted by molar-refractivity contribution is -0.135. The van der Waals surface area contributed by atoms with Gasteiger partial charge >= 0.3 is 0 Å². The molecule has 1 fully saturated rings. The topological polar surface area (TPSA) is 49.3 Å². The molecule has 0 radical (unpaired) electrons. The number of hydrogen-bond acceptors (Lipinski definition) is 2. The third-order valence-electron chi connectivity index (χ3n) is 5.10. The Morgan fingerprint density at radius 2 is 1.96 bits per heavy atom. The Morgan fingerprint density at radius 3 is 2.65 bits per heavy atom. The molecular weight excluding hydrogens is 293 g/mol. The molecule has 0 spiro atoms. The van der Waals surface area contributed by atoms with Crippen LogP contribution in [0.15, 0.2) is 48.5 Å². The molecule has 0 heterocycles. The molecule has 1 aliphatic rings. The molecule has 0 aromatic heterocycles. The molecule has 1 aliphatic carbocycles. The number of halogens is 1. The molecule has 2 N–H and O–H groups in total. The van der Waals surface area contributed by atoms with E-state index in [4.69, 9.17) is 0 Å². The van der Waals surface area contributed by atoms with Crippen LogP contribution in [0, 0.1) is 12.7 Å². The van der Waals surface area contributed by atoms with Crippen molar-refractivity contribution in [2.75, 3.05) is 0 Å². The highest BCUT2D eigenvalue weighted by atomic mass is 19.1. The molecule has 3 rings (SSSR count). The first-order chi connectivity index (χ1) is 11.1. The Bertz CT molecular complexity index is 717. The summed E-state index contributed by atoms with van der Waals surface area (Å²) in [6, 6.07) is 14.8. The number of nitrogens with one attached hydrogen (secondary N) is 1. The summed E-state index contributed by atoms with van der Waals surface area (Å²) in [5.74, 6) is -0.559. The lowest BCUT2D eigenvalue weighted by atomic mass is 9.75. The summed E-state index contributed by atoms with van der Waals surface area (Å²) in [5, 5.41) is 9.25. The molecule has 1 saturated carbocycles. The third kappa shape index (κ3) is 2.63. The molecule has 2 aromatic rings. The van der Waals surface area contributed by atoms with Gasteiger partial charge < -0.3 is 0 Å². The van der Waals surface area contributed by atoms with Gasteiger partial charge in [0.25, 0.3) is 5.91 Å². The molecule has 0 aliphatic heterocycles. The van der Waals surface area contributed by atoms with Crippen molar-refractivity contribution >= 4 is 5.91 Å². The number of hydroxylamine groups is 1. The van der Waals surface area contributed by atoms with E-state index in [9.17, 15) is 14.4 Å². The fourth-order valence-corrected chi connectivity index (χ4v) is 3.86. The van der Waals surface area contributed by atoms with E-state index in [0.29, 0.717) is 24.0 Å². The SMILES string of the molecule is Cc1c(F)cccc1[C@]1(C(=O)NO)CC[C@H](c2ccccc2)C1. The highest BCUT2D eigenvalue weighted by molar-refractivity contribution is 5.88. The molecule has 23 heavy (non-hydrogen) atoms. The van der Waals surface area contributed by atoms with Gasteiger partial charge in [0.1, 0.15) is 5.82 Å². The van der Waals surface area contributed by atoms with Gasteiger partial charge in [-0.3, -0.25) is 10.0 Å². The van der Waals surface area contributed by atoms with Crippen molar-refractivity contribution < 1.29 is 14.4 Å². The second-order valence-corrected chi connectivity index (χ2v) is 6.29. The quantitative estimate of drug-likeness (QED) is 0.668. The van der Waals surface area contributed by atoms with E-state index in [2.05, 4.69) is 12.1 Å². The molecule has 120 valence electrons. The summed E-state index contributed by atoms with van der Waals surface area (Å²) in [6.07, 6.45) is 1.98. The first kappa shape index (κ1) is 15.7. The van der Waals surface area contributed by atoms with Gasteiger partial charge in [-0.25, -0.2) is 9.87 Å². The normalized spacial score (nSPS) is 23.7. The fraction of sp³-hybridized carbons (Fsp3) is 0.316. The van der Waals surface area contributed by atoms with Crippen LogP contribution in [0.4, 0.5) is 4.39 Å². The van der Waals surface area contributed by atoms with Crippen LogP contribution in [0.25, 0.3) is 0 Å². The van der Waals surface area contributed by atoms with Crippen LogP contribution in [0.1, 0.15) is 41.9 Å². The van der Waals surface area contributed by atoms with E-state index >= 15 is 0 Å². The minimum Gasteiger partial charge on any atom is -0.289 e. The van der Waals surface area contributed by atoms with E-state index in [-0.39, 0.29) is 11.7 Å². The summed E-state index contributed by atoms with van der Waals surface area (Å²) >= 11 is 0. The monoisotopic (exact) mass is 313 g/mol. The number of amides is 1. The average molecular weight is 313 g/mol. The van der Waals surface area contributed by atoms with Crippen LogP contribution < -0.4 is 5.48 Å². The number of carbonyl (C=O) groups excluding carboxylic acids is 1. The van der Waals surface area contributed by atoms with Crippen molar-refractivity contribution in [2.45, 2.75) is 37.5 Å². The molecule has 2 atom stereocenters. The number of carbonyl (C=O) groups is 1. The van der Waals surface area contributed by atoms with Gasteiger partial charge in [0.15, 0.2) is 0 Å². The molecule has 1 amide bonds. The van der Waals surface area contributed by atoms with Crippen molar-refractivity contribution in [2.24, 2.45) is 0 Å². The van der Waals surface area contributed by atoms with Crippen molar-refractivity contribution in [1.82, 2.24) is 5.48 Å². The standard InChI is InChI=1S/C19H20FNO2/c1-13-16(8-5-9-17(13)20)19(18(22)21-23)11-10-15(12-19)14-6-3-2-4-7-14/h2-9,15,23H,10-12H2,1H3,(H,21,22)/t15-,19-/m0/s1. The van der Waals surface area contributed by atoms with Gasteiger partial charge in [-0.2, -0.15) is 0 Å². The number of rotatable bonds is 3.